The van der Waals surface area contributed by atoms with Gasteiger partial charge in [-0.1, -0.05) is 47.5 Å². The van der Waals surface area contributed by atoms with Crippen LogP contribution >= 0.6 is 23.2 Å². The number of halogens is 2. The summed E-state index contributed by atoms with van der Waals surface area (Å²) in [5, 5.41) is 15.0. The van der Waals surface area contributed by atoms with Crippen molar-refractivity contribution in [3.8, 4) is 11.1 Å². The lowest BCUT2D eigenvalue weighted by atomic mass is 9.99. The largest absolute Gasteiger partial charge is 0.366 e. The Labute approximate surface area is 187 Å². The molecule has 3 N–H and O–H groups in total. The zero-order chi connectivity index (χ0) is 22.5. The third-order valence-electron chi connectivity index (χ3n) is 4.34. The lowest BCUT2D eigenvalue weighted by Crippen LogP contribution is -2.16. The highest BCUT2D eigenvalue weighted by molar-refractivity contribution is 6.36. The van der Waals surface area contributed by atoms with Crippen molar-refractivity contribution >= 4 is 52.5 Å². The van der Waals surface area contributed by atoms with Gasteiger partial charge in [-0.25, -0.2) is 0 Å². The van der Waals surface area contributed by atoms with Crippen LogP contribution in [0.15, 0.2) is 66.7 Å². The predicted octanol–water partition coefficient (Wildman–Crippen LogP) is 5.32. The number of carbonyl (C=O) groups excluding carboxylic acids is 2. The van der Waals surface area contributed by atoms with Crippen LogP contribution in [0.5, 0.6) is 0 Å². The number of carbonyl (C=O) groups is 2. The van der Waals surface area contributed by atoms with Gasteiger partial charge in [0.2, 0.25) is 5.91 Å². The van der Waals surface area contributed by atoms with Crippen LogP contribution in [0.2, 0.25) is 10.0 Å². The van der Waals surface area contributed by atoms with E-state index in [0.717, 1.165) is 6.08 Å². The fourth-order valence-corrected chi connectivity index (χ4v) is 3.48. The molecule has 0 aromatic heterocycles. The number of para-hydroxylation sites is 2. The Morgan fingerprint density at radius 3 is 2.42 bits per heavy atom. The van der Waals surface area contributed by atoms with Gasteiger partial charge in [-0.15, -0.1) is 0 Å². The molecule has 0 spiro atoms. The van der Waals surface area contributed by atoms with E-state index < -0.39 is 16.7 Å². The molecule has 0 saturated heterocycles. The SMILES string of the molecule is NC(=O)c1ccccc1NC(=O)/C=C/c1cccc(-c2ccc(Cl)cc2Cl)c1[N+](=O)[O-]. The Bertz CT molecular complexity index is 1230. The summed E-state index contributed by atoms with van der Waals surface area (Å²) in [5.41, 5.74) is 6.39. The molecule has 7 nitrogen and oxygen atoms in total. The number of nitrogens with two attached hydrogens (primary N) is 1. The Morgan fingerprint density at radius 2 is 1.74 bits per heavy atom. The monoisotopic (exact) mass is 455 g/mol. The highest BCUT2D eigenvalue weighted by Crippen LogP contribution is 2.38. The van der Waals surface area contributed by atoms with Gasteiger partial charge in [0.25, 0.3) is 11.6 Å². The Kier molecular flexibility index (Phi) is 6.69. The van der Waals surface area contributed by atoms with Crippen molar-refractivity contribution in [2.24, 2.45) is 5.73 Å². The number of hydrogen-bond acceptors (Lipinski definition) is 4. The summed E-state index contributed by atoms with van der Waals surface area (Å²) in [6.07, 6.45) is 2.45. The first-order valence-corrected chi connectivity index (χ1v) is 9.64. The minimum Gasteiger partial charge on any atom is -0.366 e. The number of rotatable bonds is 6. The van der Waals surface area contributed by atoms with Crippen LogP contribution in [0.4, 0.5) is 11.4 Å². The fourth-order valence-electron chi connectivity index (χ4n) is 2.97. The molecule has 0 radical (unpaired) electrons. The van der Waals surface area contributed by atoms with Crippen LogP contribution in [-0.2, 0) is 4.79 Å². The van der Waals surface area contributed by atoms with Crippen LogP contribution in [0.1, 0.15) is 15.9 Å². The summed E-state index contributed by atoms with van der Waals surface area (Å²) in [5.74, 6) is -1.28. The molecule has 31 heavy (non-hydrogen) atoms. The quantitative estimate of drug-likeness (QED) is 0.297. The minimum absolute atomic E-state index is 0.148. The Hall–Kier alpha value is -3.68. The Morgan fingerprint density at radius 1 is 1.00 bits per heavy atom. The molecule has 2 amide bonds. The standard InChI is InChI=1S/C22H15Cl2N3O4/c23-14-9-10-15(18(24)12-14)16-6-3-4-13(21(16)27(30)31)8-11-20(28)26-19-7-2-1-5-17(19)22(25)29/h1-12H,(H2,25,29)(H,26,28)/b11-8+. The molecular weight excluding hydrogens is 441 g/mol. The predicted molar refractivity (Wildman–Crippen MR) is 121 cm³/mol. The summed E-state index contributed by atoms with van der Waals surface area (Å²) < 4.78 is 0. The molecule has 9 heteroatoms. The van der Waals surface area contributed by atoms with E-state index in [2.05, 4.69) is 5.32 Å². The van der Waals surface area contributed by atoms with Gasteiger partial charge in [-0.2, -0.15) is 0 Å². The molecule has 0 heterocycles. The first-order valence-electron chi connectivity index (χ1n) is 8.88. The van der Waals surface area contributed by atoms with E-state index in [1.165, 1.54) is 30.3 Å². The van der Waals surface area contributed by atoms with Crippen LogP contribution in [0.25, 0.3) is 17.2 Å². The smallest absolute Gasteiger partial charge is 0.284 e. The number of amides is 2. The van der Waals surface area contributed by atoms with Crippen molar-refractivity contribution in [1.29, 1.82) is 0 Å². The molecule has 0 fully saturated rings. The summed E-state index contributed by atoms with van der Waals surface area (Å²) in [7, 11) is 0. The van der Waals surface area contributed by atoms with Crippen molar-refractivity contribution in [2.75, 3.05) is 5.32 Å². The minimum atomic E-state index is -0.692. The maximum absolute atomic E-state index is 12.3. The molecule has 156 valence electrons. The van der Waals surface area contributed by atoms with E-state index >= 15 is 0 Å². The number of nitro groups is 1. The van der Waals surface area contributed by atoms with Gasteiger partial charge in [0.15, 0.2) is 0 Å². The van der Waals surface area contributed by atoms with Gasteiger partial charge in [-0.3, -0.25) is 19.7 Å². The number of benzene rings is 3. The summed E-state index contributed by atoms with van der Waals surface area (Å²) in [4.78, 5) is 35.1. The number of hydrogen-bond donors (Lipinski definition) is 2. The lowest BCUT2D eigenvalue weighted by Gasteiger charge is -2.08. The van der Waals surface area contributed by atoms with E-state index in [1.807, 2.05) is 0 Å². The van der Waals surface area contributed by atoms with E-state index in [-0.39, 0.29) is 33.1 Å². The van der Waals surface area contributed by atoms with Crippen molar-refractivity contribution in [2.45, 2.75) is 0 Å². The molecule has 0 aliphatic rings. The van der Waals surface area contributed by atoms with Crippen molar-refractivity contribution < 1.29 is 14.5 Å². The van der Waals surface area contributed by atoms with Crippen molar-refractivity contribution in [3.63, 3.8) is 0 Å². The first-order chi connectivity index (χ1) is 14.8. The van der Waals surface area contributed by atoms with E-state index in [1.54, 1.807) is 36.4 Å². The topological polar surface area (TPSA) is 115 Å². The fraction of sp³-hybridized carbons (Fsp3) is 0. The van der Waals surface area contributed by atoms with Crippen molar-refractivity contribution in [3.05, 3.63) is 98.0 Å². The van der Waals surface area contributed by atoms with E-state index in [9.17, 15) is 19.7 Å². The second-order valence-electron chi connectivity index (χ2n) is 6.36. The van der Waals surface area contributed by atoms with E-state index in [0.29, 0.717) is 10.6 Å². The Balaban J connectivity index is 1.95. The second-order valence-corrected chi connectivity index (χ2v) is 7.20. The number of anilines is 1. The van der Waals surface area contributed by atoms with Gasteiger partial charge in [0.1, 0.15) is 0 Å². The maximum atomic E-state index is 12.3. The van der Waals surface area contributed by atoms with Crippen LogP contribution in [-0.4, -0.2) is 16.7 Å². The molecule has 0 aliphatic heterocycles. The molecule has 3 rings (SSSR count). The summed E-state index contributed by atoms with van der Waals surface area (Å²) in [6, 6.07) is 15.6. The van der Waals surface area contributed by atoms with Crippen LogP contribution in [0.3, 0.4) is 0 Å². The molecule has 3 aromatic carbocycles. The number of nitro benzene ring substituents is 1. The van der Waals surface area contributed by atoms with Gasteiger partial charge < -0.3 is 11.1 Å². The second kappa shape index (κ2) is 9.42. The van der Waals surface area contributed by atoms with Crippen LogP contribution in [0, 0.1) is 10.1 Å². The van der Waals surface area contributed by atoms with E-state index in [4.69, 9.17) is 28.9 Å². The third kappa shape index (κ3) is 5.09. The summed E-state index contributed by atoms with van der Waals surface area (Å²) >= 11 is 12.1. The molecule has 0 atom stereocenters. The molecule has 0 bridgehead atoms. The average molecular weight is 456 g/mol. The molecule has 0 unspecified atom stereocenters. The number of nitrogens with zero attached hydrogens (tertiary/aromatic N) is 1. The lowest BCUT2D eigenvalue weighted by molar-refractivity contribution is -0.384. The maximum Gasteiger partial charge on any atom is 0.284 e. The van der Waals surface area contributed by atoms with Crippen LogP contribution < -0.4 is 11.1 Å². The van der Waals surface area contributed by atoms with Gasteiger partial charge in [0, 0.05) is 16.7 Å². The first kappa shape index (κ1) is 22.0. The summed E-state index contributed by atoms with van der Waals surface area (Å²) in [6.45, 7) is 0. The van der Waals surface area contributed by atoms with Crippen molar-refractivity contribution in [1.82, 2.24) is 0 Å². The van der Waals surface area contributed by atoms with Gasteiger partial charge >= 0.3 is 0 Å². The average Bonchev–Trinajstić information content (AvgIpc) is 2.72. The molecule has 0 aliphatic carbocycles. The van der Waals surface area contributed by atoms with Gasteiger partial charge in [-0.05, 0) is 42.5 Å². The third-order valence-corrected chi connectivity index (χ3v) is 4.88. The number of nitrogens with one attached hydrogen (secondary N) is 1. The molecular formula is C22H15Cl2N3O4. The zero-order valence-electron chi connectivity index (χ0n) is 15.8. The highest BCUT2D eigenvalue weighted by atomic mass is 35.5. The molecule has 3 aromatic rings. The number of primary amides is 1. The normalized spacial score (nSPS) is 10.8. The highest BCUT2D eigenvalue weighted by Gasteiger charge is 2.21. The van der Waals surface area contributed by atoms with Gasteiger partial charge in [0.05, 0.1) is 32.3 Å². The zero-order valence-corrected chi connectivity index (χ0v) is 17.4. The molecule has 0 saturated carbocycles.